The number of ether oxygens (including phenoxy) is 1. The summed E-state index contributed by atoms with van der Waals surface area (Å²) >= 11 is 0. The third-order valence-electron chi connectivity index (χ3n) is 7.75. The average molecular weight is 603 g/mol. The van der Waals surface area contributed by atoms with Gasteiger partial charge in [-0.25, -0.2) is 0 Å². The molecule has 11 nitrogen and oxygen atoms in total. The van der Waals surface area contributed by atoms with Gasteiger partial charge >= 0.3 is 0 Å². The van der Waals surface area contributed by atoms with Crippen molar-refractivity contribution in [3.8, 4) is 5.75 Å². The van der Waals surface area contributed by atoms with Gasteiger partial charge < -0.3 is 26.0 Å². The predicted octanol–water partition coefficient (Wildman–Crippen LogP) is 3.01. The average Bonchev–Trinajstić information content (AvgIpc) is 3.46. The van der Waals surface area contributed by atoms with Crippen LogP contribution in [0.5, 0.6) is 5.75 Å². The lowest BCUT2D eigenvalue weighted by Gasteiger charge is -2.33. The topological polar surface area (TPSA) is 149 Å². The molecule has 5 rings (SSSR count). The molecule has 0 spiro atoms. The summed E-state index contributed by atoms with van der Waals surface area (Å²) in [5, 5.41) is 10.3. The molecule has 3 heterocycles. The summed E-state index contributed by atoms with van der Waals surface area (Å²) in [6.07, 6.45) is 6.40. The van der Waals surface area contributed by atoms with Crippen LogP contribution >= 0.6 is 0 Å². The van der Waals surface area contributed by atoms with Gasteiger partial charge in [-0.15, -0.1) is 0 Å². The number of nitrogens with zero attached hydrogens (tertiary/aromatic N) is 3. The maximum absolute atomic E-state index is 13.5. The van der Waals surface area contributed by atoms with E-state index < -0.39 is 6.04 Å². The quantitative estimate of drug-likeness (QED) is 0.420. The number of nitrogens with one attached hydrogen (secondary N) is 2. The van der Waals surface area contributed by atoms with Crippen LogP contribution in [-0.4, -0.2) is 58.0 Å². The Morgan fingerprint density at radius 3 is 2.64 bits per heavy atom. The Bertz CT molecular complexity index is 1440. The van der Waals surface area contributed by atoms with E-state index in [1.807, 2.05) is 60.4 Å². The van der Waals surface area contributed by atoms with Crippen molar-refractivity contribution in [1.82, 2.24) is 25.3 Å². The van der Waals surface area contributed by atoms with E-state index in [1.54, 1.807) is 17.1 Å². The minimum absolute atomic E-state index is 0.0200. The zero-order valence-electron chi connectivity index (χ0n) is 25.5. The molecule has 4 amide bonds. The predicted molar refractivity (Wildman–Crippen MR) is 165 cm³/mol. The Labute approximate surface area is 258 Å². The van der Waals surface area contributed by atoms with Gasteiger partial charge in [0.2, 0.25) is 23.6 Å². The van der Waals surface area contributed by atoms with Gasteiger partial charge in [0.1, 0.15) is 11.8 Å². The number of carbonyl (C=O) groups excluding carboxylic acids is 4. The number of piperidine rings is 1. The van der Waals surface area contributed by atoms with Gasteiger partial charge in [-0.1, -0.05) is 36.4 Å². The van der Waals surface area contributed by atoms with E-state index in [0.29, 0.717) is 44.3 Å². The van der Waals surface area contributed by atoms with Gasteiger partial charge in [0.25, 0.3) is 0 Å². The smallest absolute Gasteiger partial charge is 0.247 e. The number of amides is 4. The number of benzene rings is 2. The molecule has 2 atom stereocenters. The summed E-state index contributed by atoms with van der Waals surface area (Å²) in [5.74, 6) is 0.0927. The normalized spacial score (nSPS) is 19.7. The molecule has 3 aromatic rings. The molecule has 0 saturated carbocycles. The van der Waals surface area contributed by atoms with E-state index in [0.717, 1.165) is 41.7 Å². The van der Waals surface area contributed by atoms with Gasteiger partial charge in [-0.05, 0) is 60.9 Å². The summed E-state index contributed by atoms with van der Waals surface area (Å²) in [4.78, 5) is 50.5. The lowest BCUT2D eigenvalue weighted by atomic mass is 9.95. The van der Waals surface area contributed by atoms with Crippen molar-refractivity contribution in [1.29, 1.82) is 0 Å². The van der Waals surface area contributed by atoms with Crippen LogP contribution in [0, 0.1) is 12.8 Å². The summed E-state index contributed by atoms with van der Waals surface area (Å²) in [6, 6.07) is 14.9. The van der Waals surface area contributed by atoms with Gasteiger partial charge in [0.05, 0.1) is 19.3 Å². The van der Waals surface area contributed by atoms with Crippen LogP contribution in [-0.2, 0) is 32.3 Å². The fraction of sp³-hybridized carbons (Fsp3) is 0.424. The van der Waals surface area contributed by atoms with Crippen LogP contribution in [0.25, 0.3) is 0 Å². The number of aryl methyl sites for hydroxylation is 1. The second-order valence-electron chi connectivity index (χ2n) is 11.4. The second-order valence-corrected chi connectivity index (χ2v) is 11.4. The maximum Gasteiger partial charge on any atom is 0.247 e. The zero-order valence-corrected chi connectivity index (χ0v) is 25.5. The molecule has 0 radical (unpaired) electrons. The Morgan fingerprint density at radius 2 is 1.86 bits per heavy atom. The summed E-state index contributed by atoms with van der Waals surface area (Å²) in [5.41, 5.74) is 8.12. The fourth-order valence-electron chi connectivity index (χ4n) is 5.38. The lowest BCUT2D eigenvalue weighted by Crippen LogP contribution is -2.42. The van der Waals surface area contributed by atoms with Crippen LogP contribution in [0.1, 0.15) is 67.3 Å². The van der Waals surface area contributed by atoms with E-state index >= 15 is 0 Å². The third kappa shape index (κ3) is 9.68. The Morgan fingerprint density at radius 1 is 1.09 bits per heavy atom. The molecule has 2 aliphatic rings. The van der Waals surface area contributed by atoms with Crippen molar-refractivity contribution in [2.75, 3.05) is 19.7 Å². The molecule has 2 aliphatic heterocycles. The summed E-state index contributed by atoms with van der Waals surface area (Å²) < 4.78 is 7.81. The maximum atomic E-state index is 13.5. The molecule has 2 aromatic carbocycles. The molecule has 4 N–H and O–H groups in total. The molecular formula is C33H42N6O5. The summed E-state index contributed by atoms with van der Waals surface area (Å²) in [6.45, 7) is 6.11. The van der Waals surface area contributed by atoms with Crippen LogP contribution in [0.4, 0.5) is 0 Å². The number of primary amides is 1. The Kier molecular flexibility index (Phi) is 11.5. The second kappa shape index (κ2) is 15.7. The first-order chi connectivity index (χ1) is 21.2. The van der Waals surface area contributed by atoms with Crippen LogP contribution in [0.3, 0.4) is 0 Å². The van der Waals surface area contributed by atoms with Crippen molar-refractivity contribution in [2.24, 2.45) is 11.7 Å². The van der Waals surface area contributed by atoms with Crippen molar-refractivity contribution in [3.05, 3.63) is 83.2 Å². The largest absolute Gasteiger partial charge is 0.494 e. The molecule has 1 fully saturated rings. The Balaban J connectivity index is 0.00000104. The summed E-state index contributed by atoms with van der Waals surface area (Å²) in [7, 11) is 0. The van der Waals surface area contributed by atoms with Crippen LogP contribution < -0.4 is 21.1 Å². The number of nitrogens with two attached hydrogens (primary N) is 1. The highest BCUT2D eigenvalue weighted by atomic mass is 16.5. The Hall–Kier alpha value is -4.67. The van der Waals surface area contributed by atoms with Gasteiger partial charge in [0, 0.05) is 51.2 Å². The molecule has 1 saturated heterocycles. The third-order valence-corrected chi connectivity index (χ3v) is 7.75. The molecule has 1 aromatic heterocycles. The number of fused-ring (bicyclic) bond motifs is 4. The van der Waals surface area contributed by atoms with Crippen molar-refractivity contribution >= 4 is 23.6 Å². The highest BCUT2D eigenvalue weighted by molar-refractivity contribution is 5.90. The highest BCUT2D eigenvalue weighted by Crippen LogP contribution is 2.23. The van der Waals surface area contributed by atoms with E-state index in [4.69, 9.17) is 4.74 Å². The minimum Gasteiger partial charge on any atom is -0.494 e. The minimum atomic E-state index is -0.940. The van der Waals surface area contributed by atoms with E-state index in [1.165, 1.54) is 6.92 Å². The van der Waals surface area contributed by atoms with E-state index in [2.05, 4.69) is 21.5 Å². The number of aromatic nitrogens is 2. The van der Waals surface area contributed by atoms with Gasteiger partial charge in [-0.2, -0.15) is 5.10 Å². The van der Waals surface area contributed by atoms with E-state index in [9.17, 15) is 19.2 Å². The number of hydrogen-bond acceptors (Lipinski definition) is 6. The van der Waals surface area contributed by atoms with Gasteiger partial charge in [0.15, 0.2) is 0 Å². The monoisotopic (exact) mass is 602 g/mol. The van der Waals surface area contributed by atoms with Crippen LogP contribution in [0.15, 0.2) is 60.9 Å². The number of hydrogen-bond donors (Lipinski definition) is 3. The first kappa shape index (κ1) is 32.2. The first-order valence-corrected chi connectivity index (χ1v) is 15.1. The molecular weight excluding hydrogens is 560 g/mol. The van der Waals surface area contributed by atoms with Crippen LogP contribution in [0.2, 0.25) is 0 Å². The fourth-order valence-corrected chi connectivity index (χ4v) is 5.38. The van der Waals surface area contributed by atoms with Crippen molar-refractivity contribution in [3.63, 3.8) is 0 Å². The highest BCUT2D eigenvalue weighted by Gasteiger charge is 2.27. The number of rotatable bonds is 3. The first-order valence-electron chi connectivity index (χ1n) is 15.1. The van der Waals surface area contributed by atoms with E-state index in [-0.39, 0.29) is 36.5 Å². The molecule has 234 valence electrons. The molecule has 11 heteroatoms. The number of carbonyl (C=O) groups is 4. The zero-order chi connectivity index (χ0) is 31.5. The molecule has 4 bridgehead atoms. The van der Waals surface area contributed by atoms with Crippen molar-refractivity contribution in [2.45, 2.75) is 65.1 Å². The SMILES string of the molecule is CC(N)=O.Cc1ccc2cc1CNC(=O)C(c1cnn(Cc3ccccc3)c1)NC(=O)CCC(=O)N1CCCC(CCO2)C1. The molecule has 2 unspecified atom stereocenters. The van der Waals surface area contributed by atoms with Crippen molar-refractivity contribution < 1.29 is 23.9 Å². The standard InChI is InChI=1S/C31H37N5O4.C2H5NO/c1-22-9-10-27-16-25(22)17-32-31(39)30(26-18-33-36(21-26)20-23-6-3-2-4-7-23)34-28(37)11-12-29(38)35-14-5-8-24(19-35)13-15-40-27;1-2(3)4/h2-4,6-7,9-10,16,18,21,24,30H,5,8,11-15,17,19-20H2,1H3,(H,32,39)(H,34,37);1H3,(H2,3,4). The lowest BCUT2D eigenvalue weighted by molar-refractivity contribution is -0.135. The molecule has 44 heavy (non-hydrogen) atoms. The molecule has 0 aliphatic carbocycles. The van der Waals surface area contributed by atoms with Gasteiger partial charge in [-0.3, -0.25) is 23.9 Å².